The number of ether oxygens (including phenoxy) is 1. The molecule has 0 radical (unpaired) electrons. The number of likely N-dealkylation sites (N-methyl/N-ethyl adjacent to an activating group) is 1. The minimum atomic E-state index is -0.294. The second kappa shape index (κ2) is 6.06. The summed E-state index contributed by atoms with van der Waals surface area (Å²) in [6.45, 7) is 2.87. The lowest BCUT2D eigenvalue weighted by molar-refractivity contribution is 0.0600. The van der Waals surface area contributed by atoms with Crippen LogP contribution in [0.5, 0.6) is 0 Å². The van der Waals surface area contributed by atoms with Crippen molar-refractivity contribution in [2.75, 3.05) is 20.7 Å². The summed E-state index contributed by atoms with van der Waals surface area (Å²) in [5, 5.41) is 4.96. The van der Waals surface area contributed by atoms with Crippen LogP contribution in [0.25, 0.3) is 0 Å². The lowest BCUT2D eigenvalue weighted by atomic mass is 10.0. The highest BCUT2D eigenvalue weighted by Crippen LogP contribution is 2.42. The van der Waals surface area contributed by atoms with Crippen LogP contribution in [-0.4, -0.2) is 41.4 Å². The third-order valence-corrected chi connectivity index (χ3v) is 5.03. The van der Waals surface area contributed by atoms with Gasteiger partial charge in [0.15, 0.2) is 0 Å². The number of benzene rings is 1. The fraction of sp³-hybridized carbons (Fsp3) is 0.474. The molecule has 2 heterocycles. The Morgan fingerprint density at radius 1 is 1.29 bits per heavy atom. The maximum atomic E-state index is 11.5. The highest BCUT2D eigenvalue weighted by atomic mass is 16.5. The molecule has 0 spiro atoms. The molecule has 0 saturated heterocycles. The summed E-state index contributed by atoms with van der Waals surface area (Å²) < 4.78 is 6.94. The van der Waals surface area contributed by atoms with Crippen molar-refractivity contribution in [1.82, 2.24) is 14.7 Å². The van der Waals surface area contributed by atoms with E-state index < -0.39 is 0 Å². The molecule has 24 heavy (non-hydrogen) atoms. The Hall–Kier alpha value is -2.14. The van der Waals surface area contributed by atoms with Crippen LogP contribution in [-0.2, 0) is 24.2 Å². The van der Waals surface area contributed by atoms with E-state index in [0.29, 0.717) is 11.5 Å². The first kappa shape index (κ1) is 15.4. The normalized spacial score (nSPS) is 17.6. The third-order valence-electron chi connectivity index (χ3n) is 5.03. The molecule has 1 aromatic heterocycles. The summed E-state index contributed by atoms with van der Waals surface area (Å²) in [7, 11) is 3.59. The number of esters is 1. The van der Waals surface area contributed by atoms with Gasteiger partial charge in [-0.25, -0.2) is 4.79 Å². The summed E-state index contributed by atoms with van der Waals surface area (Å²) in [5.74, 6) is 0.380. The Bertz CT molecular complexity index is 760. The van der Waals surface area contributed by atoms with E-state index in [-0.39, 0.29) is 5.97 Å². The van der Waals surface area contributed by atoms with E-state index in [2.05, 4.69) is 16.6 Å². The Morgan fingerprint density at radius 3 is 2.71 bits per heavy atom. The predicted molar refractivity (Wildman–Crippen MR) is 91.1 cm³/mol. The molecular formula is C19H23N3O2. The average molecular weight is 325 g/mol. The molecule has 0 unspecified atom stereocenters. The molecule has 1 aliphatic carbocycles. The lowest BCUT2D eigenvalue weighted by Gasteiger charge is -2.23. The monoisotopic (exact) mass is 325 g/mol. The molecule has 0 bridgehead atoms. The molecule has 1 saturated carbocycles. The van der Waals surface area contributed by atoms with Gasteiger partial charge in [0.2, 0.25) is 0 Å². The largest absolute Gasteiger partial charge is 0.465 e. The summed E-state index contributed by atoms with van der Waals surface area (Å²) in [5.41, 5.74) is 5.92. The minimum absolute atomic E-state index is 0.294. The third kappa shape index (κ3) is 2.84. The molecule has 1 aliphatic heterocycles. The molecule has 0 amide bonds. The van der Waals surface area contributed by atoms with E-state index in [1.807, 2.05) is 24.3 Å². The first-order valence-corrected chi connectivity index (χ1v) is 8.60. The standard InChI is InChI=1S/C19H23N3O2/c1-21-10-9-17-16(12-21)18(14-7-8-14)20-22(17)11-13-3-5-15(6-4-13)19(23)24-2/h3-6,14H,7-12H2,1-2H3. The summed E-state index contributed by atoms with van der Waals surface area (Å²) in [6, 6.07) is 7.64. The van der Waals surface area contributed by atoms with Gasteiger partial charge in [0, 0.05) is 36.7 Å². The van der Waals surface area contributed by atoms with E-state index >= 15 is 0 Å². The number of carbonyl (C=O) groups excluding carboxylic acids is 1. The fourth-order valence-corrected chi connectivity index (χ4v) is 3.50. The molecule has 126 valence electrons. The molecule has 4 rings (SSSR count). The first-order chi connectivity index (χ1) is 11.7. The van der Waals surface area contributed by atoms with Gasteiger partial charge in [0.25, 0.3) is 0 Å². The second-order valence-corrected chi connectivity index (χ2v) is 6.92. The maximum Gasteiger partial charge on any atom is 0.337 e. The van der Waals surface area contributed by atoms with Crippen molar-refractivity contribution in [2.24, 2.45) is 0 Å². The van der Waals surface area contributed by atoms with E-state index in [1.165, 1.54) is 36.9 Å². The first-order valence-electron chi connectivity index (χ1n) is 8.60. The van der Waals surface area contributed by atoms with E-state index in [9.17, 15) is 4.79 Å². The summed E-state index contributed by atoms with van der Waals surface area (Å²) in [6.07, 6.45) is 3.62. The summed E-state index contributed by atoms with van der Waals surface area (Å²) in [4.78, 5) is 13.9. The van der Waals surface area contributed by atoms with Gasteiger partial charge in [-0.05, 0) is 37.6 Å². The van der Waals surface area contributed by atoms with Crippen molar-refractivity contribution in [1.29, 1.82) is 0 Å². The van der Waals surface area contributed by atoms with Crippen LogP contribution in [0.15, 0.2) is 24.3 Å². The molecule has 2 aromatic rings. The Labute approximate surface area is 142 Å². The molecule has 1 fully saturated rings. The molecule has 2 aliphatic rings. The van der Waals surface area contributed by atoms with Gasteiger partial charge in [-0.1, -0.05) is 12.1 Å². The van der Waals surface area contributed by atoms with Crippen molar-refractivity contribution in [3.05, 3.63) is 52.3 Å². The van der Waals surface area contributed by atoms with E-state index in [1.54, 1.807) is 0 Å². The predicted octanol–water partition coefficient (Wildman–Crippen LogP) is 2.58. The van der Waals surface area contributed by atoms with Gasteiger partial charge >= 0.3 is 5.97 Å². The quantitative estimate of drug-likeness (QED) is 0.811. The number of rotatable bonds is 4. The van der Waals surface area contributed by atoms with E-state index in [0.717, 1.165) is 31.6 Å². The number of fused-ring (bicyclic) bond motifs is 1. The molecule has 0 N–H and O–H groups in total. The Kier molecular flexibility index (Phi) is 3.88. The van der Waals surface area contributed by atoms with Crippen LogP contribution < -0.4 is 0 Å². The van der Waals surface area contributed by atoms with Crippen LogP contribution in [0, 0.1) is 0 Å². The zero-order chi connectivity index (χ0) is 16.7. The Morgan fingerprint density at radius 2 is 2.04 bits per heavy atom. The molecular weight excluding hydrogens is 302 g/mol. The average Bonchev–Trinajstić information content (AvgIpc) is 3.38. The lowest BCUT2D eigenvalue weighted by Crippen LogP contribution is -2.27. The van der Waals surface area contributed by atoms with Crippen LogP contribution in [0.2, 0.25) is 0 Å². The number of hydrogen-bond donors (Lipinski definition) is 0. The highest BCUT2D eigenvalue weighted by Gasteiger charge is 2.33. The topological polar surface area (TPSA) is 47.4 Å². The molecule has 5 nitrogen and oxygen atoms in total. The molecule has 0 atom stereocenters. The van der Waals surface area contributed by atoms with Gasteiger partial charge in [0.1, 0.15) is 0 Å². The SMILES string of the molecule is COC(=O)c1ccc(Cn2nc(C3CC3)c3c2CCN(C)C3)cc1. The maximum absolute atomic E-state index is 11.5. The zero-order valence-corrected chi connectivity index (χ0v) is 14.3. The van der Waals surface area contributed by atoms with Crippen molar-refractivity contribution in [2.45, 2.75) is 38.3 Å². The van der Waals surface area contributed by atoms with Crippen LogP contribution in [0.3, 0.4) is 0 Å². The number of hydrogen-bond acceptors (Lipinski definition) is 4. The van der Waals surface area contributed by atoms with Crippen molar-refractivity contribution >= 4 is 5.97 Å². The number of carbonyl (C=O) groups is 1. The number of aromatic nitrogens is 2. The van der Waals surface area contributed by atoms with Crippen molar-refractivity contribution in [3.8, 4) is 0 Å². The second-order valence-electron chi connectivity index (χ2n) is 6.92. The van der Waals surface area contributed by atoms with Gasteiger partial charge in [-0.3, -0.25) is 4.68 Å². The van der Waals surface area contributed by atoms with E-state index in [4.69, 9.17) is 9.84 Å². The van der Waals surface area contributed by atoms with Crippen molar-refractivity contribution < 1.29 is 9.53 Å². The number of nitrogens with zero attached hydrogens (tertiary/aromatic N) is 3. The Balaban J connectivity index is 1.60. The smallest absolute Gasteiger partial charge is 0.337 e. The number of methoxy groups -OCH3 is 1. The van der Waals surface area contributed by atoms with Gasteiger partial charge in [-0.2, -0.15) is 5.10 Å². The van der Waals surface area contributed by atoms with Gasteiger partial charge in [-0.15, -0.1) is 0 Å². The fourth-order valence-electron chi connectivity index (χ4n) is 3.50. The highest BCUT2D eigenvalue weighted by molar-refractivity contribution is 5.89. The molecule has 5 heteroatoms. The van der Waals surface area contributed by atoms with Crippen LogP contribution in [0.1, 0.15) is 51.6 Å². The minimum Gasteiger partial charge on any atom is -0.465 e. The van der Waals surface area contributed by atoms with Gasteiger partial charge < -0.3 is 9.64 Å². The zero-order valence-electron chi connectivity index (χ0n) is 14.3. The van der Waals surface area contributed by atoms with Crippen molar-refractivity contribution in [3.63, 3.8) is 0 Å². The molecule has 1 aromatic carbocycles. The summed E-state index contributed by atoms with van der Waals surface area (Å²) >= 11 is 0. The van der Waals surface area contributed by atoms with Crippen LogP contribution >= 0.6 is 0 Å². The van der Waals surface area contributed by atoms with Crippen LogP contribution in [0.4, 0.5) is 0 Å². The van der Waals surface area contributed by atoms with Gasteiger partial charge in [0.05, 0.1) is 24.9 Å².